The Bertz CT molecular complexity index is 687. The molecule has 1 unspecified atom stereocenters. The number of nitrogens with one attached hydrogen (secondary N) is 1. The first-order valence-electron chi connectivity index (χ1n) is 5.04. The van der Waals surface area contributed by atoms with Crippen LogP contribution in [0.4, 0.5) is 0 Å². The molecule has 17 heavy (non-hydrogen) atoms. The molecule has 0 bridgehead atoms. The molecule has 6 heteroatoms. The van der Waals surface area contributed by atoms with Crippen molar-refractivity contribution in [2.24, 2.45) is 0 Å². The van der Waals surface area contributed by atoms with Crippen molar-refractivity contribution in [3.63, 3.8) is 0 Å². The molecule has 0 aliphatic carbocycles. The Morgan fingerprint density at radius 1 is 1.41 bits per heavy atom. The van der Waals surface area contributed by atoms with Gasteiger partial charge >= 0.3 is 0 Å². The van der Waals surface area contributed by atoms with Gasteiger partial charge in [0, 0.05) is 11.5 Å². The number of amides is 1. The van der Waals surface area contributed by atoms with E-state index in [0.717, 1.165) is 16.5 Å². The number of aromatic nitrogens is 2. The van der Waals surface area contributed by atoms with E-state index in [4.69, 9.17) is 0 Å². The number of fused-ring (bicyclic) bond motifs is 1. The van der Waals surface area contributed by atoms with Crippen LogP contribution in [0.2, 0.25) is 0 Å². The van der Waals surface area contributed by atoms with Gasteiger partial charge in [0.15, 0.2) is 16.0 Å². The van der Waals surface area contributed by atoms with Crippen molar-refractivity contribution in [3.05, 3.63) is 36.0 Å². The number of aryl methyl sites for hydroxylation is 1. The van der Waals surface area contributed by atoms with Gasteiger partial charge in [0.2, 0.25) is 0 Å². The number of nitrogens with zero attached hydrogens (tertiary/aromatic N) is 2. The summed E-state index contributed by atoms with van der Waals surface area (Å²) in [5, 5.41) is 5.50. The largest absolute Gasteiger partial charge is 0.269 e. The van der Waals surface area contributed by atoms with Crippen LogP contribution in [-0.2, 0) is 15.8 Å². The first kappa shape index (κ1) is 10.2. The molecule has 1 aromatic heterocycles. The monoisotopic (exact) mass is 247 g/mol. The molecule has 1 amide bonds. The second kappa shape index (κ2) is 3.53. The highest BCUT2D eigenvalue weighted by Gasteiger charge is 2.22. The highest BCUT2D eigenvalue weighted by atomic mass is 32.2. The maximum absolute atomic E-state index is 11.6. The Balaban J connectivity index is 2.22. The minimum absolute atomic E-state index is 0.353. The zero-order valence-electron chi connectivity index (χ0n) is 9.01. The van der Waals surface area contributed by atoms with Gasteiger partial charge in [-0.25, -0.2) is 8.89 Å². The molecule has 1 aromatic carbocycles. The van der Waals surface area contributed by atoms with E-state index in [1.54, 1.807) is 6.20 Å². The summed E-state index contributed by atoms with van der Waals surface area (Å²) in [5.74, 6) is -0.353. The van der Waals surface area contributed by atoms with Crippen molar-refractivity contribution in [1.29, 1.82) is 0 Å². The third-order valence-electron chi connectivity index (χ3n) is 2.57. The van der Waals surface area contributed by atoms with Gasteiger partial charge in [-0.2, -0.15) is 5.10 Å². The number of rotatable bonds is 1. The Kier molecular flexibility index (Phi) is 2.12. The zero-order valence-corrected chi connectivity index (χ0v) is 9.82. The van der Waals surface area contributed by atoms with Gasteiger partial charge in [-0.1, -0.05) is 11.6 Å². The lowest BCUT2D eigenvalue weighted by Gasteiger charge is -2.02. The van der Waals surface area contributed by atoms with Crippen molar-refractivity contribution in [2.45, 2.75) is 6.92 Å². The summed E-state index contributed by atoms with van der Waals surface area (Å²) < 4.78 is 15.5. The molecular weight excluding hydrogens is 238 g/mol. The van der Waals surface area contributed by atoms with E-state index >= 15 is 0 Å². The predicted octanol–water partition coefficient (Wildman–Crippen LogP) is 0.937. The summed E-state index contributed by atoms with van der Waals surface area (Å²) >= 11 is 0. The molecule has 0 radical (unpaired) electrons. The van der Waals surface area contributed by atoms with Gasteiger partial charge in [-0.3, -0.25) is 9.52 Å². The fraction of sp³-hybridized carbons (Fsp3) is 0.0909. The lowest BCUT2D eigenvalue weighted by molar-refractivity contribution is -0.114. The molecule has 5 nitrogen and oxygen atoms in total. The third-order valence-corrected chi connectivity index (χ3v) is 3.63. The van der Waals surface area contributed by atoms with Crippen LogP contribution in [0.1, 0.15) is 5.56 Å². The fourth-order valence-electron chi connectivity index (χ4n) is 1.81. The molecule has 2 heterocycles. The summed E-state index contributed by atoms with van der Waals surface area (Å²) in [4.78, 5) is 11.1. The topological polar surface area (TPSA) is 64.0 Å². The second-order valence-electron chi connectivity index (χ2n) is 3.84. The molecule has 86 valence electrons. The van der Waals surface area contributed by atoms with Crippen molar-refractivity contribution >= 4 is 32.8 Å². The first-order valence-corrected chi connectivity index (χ1v) is 6.19. The van der Waals surface area contributed by atoms with E-state index in [-0.39, 0.29) is 5.91 Å². The van der Waals surface area contributed by atoms with Crippen LogP contribution >= 0.6 is 0 Å². The molecule has 1 aliphatic heterocycles. The van der Waals surface area contributed by atoms with Crippen LogP contribution in [0.3, 0.4) is 0 Å². The lowest BCUT2D eigenvalue weighted by atomic mass is 10.2. The number of carbonyl (C=O) groups is 1. The summed E-state index contributed by atoms with van der Waals surface area (Å²) in [5.41, 5.74) is 1.97. The number of hydrogen-bond acceptors (Lipinski definition) is 3. The second-order valence-corrected chi connectivity index (χ2v) is 5.00. The van der Waals surface area contributed by atoms with Crippen LogP contribution in [0.25, 0.3) is 15.9 Å². The Hall–Kier alpha value is -1.95. The van der Waals surface area contributed by atoms with E-state index in [1.165, 1.54) is 10.8 Å². The van der Waals surface area contributed by atoms with Crippen LogP contribution in [-0.4, -0.2) is 19.9 Å². The van der Waals surface area contributed by atoms with Gasteiger partial charge in [-0.15, -0.1) is 0 Å². The minimum Gasteiger partial charge on any atom is -0.269 e. The van der Waals surface area contributed by atoms with Gasteiger partial charge in [0.05, 0.1) is 11.7 Å². The number of carbonyl (C=O) groups excluding carboxylic acids is 1. The van der Waals surface area contributed by atoms with E-state index in [2.05, 4.69) is 9.82 Å². The number of hydrogen-bond donors (Lipinski definition) is 1. The maximum atomic E-state index is 11.6. The molecule has 0 saturated heterocycles. The number of benzene rings is 1. The Morgan fingerprint density at radius 2 is 2.24 bits per heavy atom. The average molecular weight is 247 g/mol. The van der Waals surface area contributed by atoms with Gasteiger partial charge in [0.1, 0.15) is 0 Å². The predicted molar refractivity (Wildman–Crippen MR) is 65.0 cm³/mol. The van der Waals surface area contributed by atoms with Crippen LogP contribution in [0.5, 0.6) is 0 Å². The van der Waals surface area contributed by atoms with Crippen molar-refractivity contribution in [3.8, 4) is 0 Å². The first-order chi connectivity index (χ1) is 8.15. The van der Waals surface area contributed by atoms with E-state index in [9.17, 15) is 9.00 Å². The summed E-state index contributed by atoms with van der Waals surface area (Å²) in [6.07, 6.45) is 3.01. The molecular formula is C11H9N3O2S. The lowest BCUT2D eigenvalue weighted by Crippen LogP contribution is -2.17. The Labute approximate surface area is 99.7 Å². The highest BCUT2D eigenvalue weighted by molar-refractivity contribution is 7.93. The van der Waals surface area contributed by atoms with Gasteiger partial charge in [0.25, 0.3) is 5.91 Å². The average Bonchev–Trinajstić information content (AvgIpc) is 2.81. The highest BCUT2D eigenvalue weighted by Crippen LogP contribution is 2.21. The molecule has 3 rings (SSSR count). The Morgan fingerprint density at radius 3 is 2.94 bits per heavy atom. The third kappa shape index (κ3) is 1.57. The van der Waals surface area contributed by atoms with Gasteiger partial charge in [-0.05, 0) is 19.1 Å². The molecule has 1 atom stereocenters. The summed E-state index contributed by atoms with van der Waals surface area (Å²) in [6.45, 7) is 1.99. The van der Waals surface area contributed by atoms with Crippen molar-refractivity contribution < 1.29 is 9.00 Å². The van der Waals surface area contributed by atoms with E-state index in [0.29, 0.717) is 5.03 Å². The van der Waals surface area contributed by atoms with Crippen LogP contribution in [0.15, 0.2) is 30.5 Å². The molecule has 0 saturated carbocycles. The molecule has 1 aliphatic rings. The van der Waals surface area contributed by atoms with Crippen LogP contribution < -0.4 is 4.72 Å². The van der Waals surface area contributed by atoms with E-state index < -0.39 is 11.0 Å². The molecule has 2 aromatic rings. The fourth-order valence-corrected chi connectivity index (χ4v) is 2.67. The maximum Gasteiger partial charge on any atom is 0.258 e. The summed E-state index contributed by atoms with van der Waals surface area (Å²) in [7, 11) is -1.52. The molecule has 0 spiro atoms. The van der Waals surface area contributed by atoms with Crippen LogP contribution in [0, 0.1) is 6.92 Å². The van der Waals surface area contributed by atoms with Crippen molar-refractivity contribution in [2.75, 3.05) is 0 Å². The molecule has 1 N–H and O–H groups in total. The summed E-state index contributed by atoms with van der Waals surface area (Å²) in [6, 6.07) is 5.85. The van der Waals surface area contributed by atoms with Crippen molar-refractivity contribution in [1.82, 2.24) is 14.5 Å². The molecule has 0 fully saturated rings. The smallest absolute Gasteiger partial charge is 0.258 e. The van der Waals surface area contributed by atoms with E-state index in [1.807, 2.05) is 25.1 Å². The van der Waals surface area contributed by atoms with Gasteiger partial charge < -0.3 is 0 Å². The SMILES string of the molecule is Cc1ccc2c(cnn2C2=CC(=O)NS2=O)c1. The quantitative estimate of drug-likeness (QED) is 0.815. The normalized spacial score (nSPS) is 19.5. The zero-order chi connectivity index (χ0) is 12.0. The minimum atomic E-state index is -1.52. The standard InChI is InChI=1S/C11H9N3O2S/c1-7-2-3-9-8(4-7)6-12-14(9)11-5-10(15)13-17(11)16/h2-6H,1H3,(H,13,15).